The van der Waals surface area contributed by atoms with Crippen molar-refractivity contribution >= 4 is 17.7 Å². The molecule has 0 fully saturated rings. The van der Waals surface area contributed by atoms with Gasteiger partial charge in [0, 0.05) is 31.4 Å². The summed E-state index contributed by atoms with van der Waals surface area (Å²) in [5.41, 5.74) is 4.14. The van der Waals surface area contributed by atoms with E-state index in [4.69, 9.17) is 0 Å². The topological polar surface area (TPSA) is 32.3 Å². The molecule has 2 aromatic rings. The van der Waals surface area contributed by atoms with E-state index in [1.165, 1.54) is 5.56 Å². The summed E-state index contributed by atoms with van der Waals surface area (Å²) >= 11 is 0. The van der Waals surface area contributed by atoms with Gasteiger partial charge in [0.25, 0.3) is 5.91 Å². The lowest BCUT2D eigenvalue weighted by Gasteiger charge is -2.25. The van der Waals surface area contributed by atoms with E-state index in [1.807, 2.05) is 37.4 Å². The molecule has 112 valence electrons. The van der Waals surface area contributed by atoms with Crippen LogP contribution in [0.5, 0.6) is 0 Å². The number of hydrogen-bond donors (Lipinski definition) is 1. The monoisotopic (exact) mass is 292 g/mol. The summed E-state index contributed by atoms with van der Waals surface area (Å²) in [4.78, 5) is 13.9. The van der Waals surface area contributed by atoms with Crippen LogP contribution in [0, 0.1) is 0 Å². The highest BCUT2D eigenvalue weighted by Gasteiger charge is 2.21. The summed E-state index contributed by atoms with van der Waals surface area (Å²) in [6.45, 7) is 1.54. The van der Waals surface area contributed by atoms with Crippen LogP contribution in [-0.2, 0) is 6.42 Å². The van der Waals surface area contributed by atoms with Gasteiger partial charge in [-0.05, 0) is 29.7 Å². The molecule has 2 aromatic carbocycles. The molecule has 0 spiro atoms. The van der Waals surface area contributed by atoms with Crippen molar-refractivity contribution in [3.63, 3.8) is 0 Å². The Kier molecular flexibility index (Phi) is 4.24. The maximum Gasteiger partial charge on any atom is 0.253 e. The Bertz CT molecular complexity index is 692. The second-order valence-corrected chi connectivity index (χ2v) is 5.54. The molecule has 0 saturated heterocycles. The molecule has 1 amide bonds. The highest BCUT2D eigenvalue weighted by atomic mass is 16.2. The summed E-state index contributed by atoms with van der Waals surface area (Å²) in [5.74, 6) is 0.115. The first-order valence-corrected chi connectivity index (χ1v) is 7.58. The zero-order valence-electron chi connectivity index (χ0n) is 12.8. The van der Waals surface area contributed by atoms with Crippen LogP contribution < -0.4 is 5.32 Å². The average Bonchev–Trinajstić information content (AvgIpc) is 2.56. The third-order valence-corrected chi connectivity index (χ3v) is 3.94. The van der Waals surface area contributed by atoms with Gasteiger partial charge in [-0.25, -0.2) is 0 Å². The summed E-state index contributed by atoms with van der Waals surface area (Å²) in [7, 11) is 1.86. The summed E-state index contributed by atoms with van der Waals surface area (Å²) < 4.78 is 0. The summed E-state index contributed by atoms with van der Waals surface area (Å²) in [6, 6.07) is 16.3. The van der Waals surface area contributed by atoms with Crippen LogP contribution in [0.15, 0.2) is 54.6 Å². The molecular formula is C19H20N2O. The number of fused-ring (bicyclic) bond motifs is 1. The van der Waals surface area contributed by atoms with Crippen molar-refractivity contribution in [2.75, 3.05) is 25.5 Å². The van der Waals surface area contributed by atoms with Gasteiger partial charge in [0.05, 0.1) is 0 Å². The third-order valence-electron chi connectivity index (χ3n) is 3.94. The standard InChI is InChI=1S/C19H20N2O/c1-21-13-11-16-9-10-17(14-18(16)19(21)22)20-12-5-8-15-6-3-2-4-7-15/h2-10,14,20H,11-13H2,1H3/b8-5+. The Morgan fingerprint density at radius 1 is 1.18 bits per heavy atom. The smallest absolute Gasteiger partial charge is 0.253 e. The first-order chi connectivity index (χ1) is 10.7. The predicted octanol–water partition coefficient (Wildman–Crippen LogP) is 3.44. The predicted molar refractivity (Wildman–Crippen MR) is 91.1 cm³/mol. The Labute approximate surface area is 131 Å². The fraction of sp³-hybridized carbons (Fsp3) is 0.211. The van der Waals surface area contributed by atoms with Crippen LogP contribution in [0.2, 0.25) is 0 Å². The zero-order valence-corrected chi connectivity index (χ0v) is 12.8. The van der Waals surface area contributed by atoms with Gasteiger partial charge in [0.15, 0.2) is 0 Å². The minimum absolute atomic E-state index is 0.115. The molecule has 3 nitrogen and oxygen atoms in total. The molecule has 3 rings (SSSR count). The van der Waals surface area contributed by atoms with Gasteiger partial charge in [0.2, 0.25) is 0 Å². The number of carbonyl (C=O) groups is 1. The number of hydrogen-bond acceptors (Lipinski definition) is 2. The van der Waals surface area contributed by atoms with Crippen LogP contribution in [0.1, 0.15) is 21.5 Å². The van der Waals surface area contributed by atoms with Crippen molar-refractivity contribution in [2.24, 2.45) is 0 Å². The Morgan fingerprint density at radius 2 is 2.00 bits per heavy atom. The van der Waals surface area contributed by atoms with Gasteiger partial charge in [-0.1, -0.05) is 48.6 Å². The van der Waals surface area contributed by atoms with E-state index >= 15 is 0 Å². The lowest BCUT2D eigenvalue weighted by atomic mass is 9.99. The summed E-state index contributed by atoms with van der Waals surface area (Å²) in [5, 5.41) is 3.34. The van der Waals surface area contributed by atoms with Crippen molar-refractivity contribution in [2.45, 2.75) is 6.42 Å². The van der Waals surface area contributed by atoms with Gasteiger partial charge in [-0.2, -0.15) is 0 Å². The molecule has 0 aromatic heterocycles. The molecule has 1 N–H and O–H groups in total. The maximum absolute atomic E-state index is 12.2. The Hall–Kier alpha value is -2.55. The average molecular weight is 292 g/mol. The number of carbonyl (C=O) groups excluding carboxylic acids is 1. The molecule has 0 aliphatic carbocycles. The number of nitrogens with one attached hydrogen (secondary N) is 1. The van der Waals surface area contributed by atoms with Crippen LogP contribution >= 0.6 is 0 Å². The number of nitrogens with zero attached hydrogens (tertiary/aromatic N) is 1. The van der Waals surface area contributed by atoms with Gasteiger partial charge in [0.1, 0.15) is 0 Å². The lowest BCUT2D eigenvalue weighted by Crippen LogP contribution is -2.34. The van der Waals surface area contributed by atoms with Crippen molar-refractivity contribution in [3.8, 4) is 0 Å². The molecule has 0 saturated carbocycles. The number of benzene rings is 2. The first-order valence-electron chi connectivity index (χ1n) is 7.58. The second-order valence-electron chi connectivity index (χ2n) is 5.54. The van der Waals surface area contributed by atoms with Crippen LogP contribution in [-0.4, -0.2) is 30.9 Å². The summed E-state index contributed by atoms with van der Waals surface area (Å²) in [6.07, 6.45) is 5.11. The highest BCUT2D eigenvalue weighted by molar-refractivity contribution is 5.97. The van der Waals surface area contributed by atoms with E-state index < -0.39 is 0 Å². The van der Waals surface area contributed by atoms with Crippen molar-refractivity contribution in [3.05, 3.63) is 71.3 Å². The number of likely N-dealkylation sites (N-methyl/N-ethyl adjacent to an activating group) is 1. The van der Waals surface area contributed by atoms with Crippen molar-refractivity contribution < 1.29 is 4.79 Å². The zero-order chi connectivity index (χ0) is 15.4. The van der Waals surface area contributed by atoms with Crippen molar-refractivity contribution in [1.82, 2.24) is 4.90 Å². The fourth-order valence-electron chi connectivity index (χ4n) is 2.63. The molecule has 0 radical (unpaired) electrons. The maximum atomic E-state index is 12.2. The Morgan fingerprint density at radius 3 is 2.82 bits per heavy atom. The number of amides is 1. The van der Waals surface area contributed by atoms with Crippen LogP contribution in [0.3, 0.4) is 0 Å². The lowest BCUT2D eigenvalue weighted by molar-refractivity contribution is 0.0781. The van der Waals surface area contributed by atoms with E-state index in [0.29, 0.717) is 0 Å². The molecule has 0 atom stereocenters. The molecule has 1 aliphatic heterocycles. The normalized spacial score (nSPS) is 14.2. The van der Waals surface area contributed by atoms with Gasteiger partial charge in [-0.3, -0.25) is 4.79 Å². The molecule has 1 aliphatic rings. The number of rotatable bonds is 4. The van der Waals surface area contributed by atoms with Gasteiger partial charge < -0.3 is 10.2 Å². The second kappa shape index (κ2) is 6.48. The minimum atomic E-state index is 0.115. The van der Waals surface area contributed by atoms with Crippen LogP contribution in [0.4, 0.5) is 5.69 Å². The van der Waals surface area contributed by atoms with Gasteiger partial charge in [-0.15, -0.1) is 0 Å². The van der Waals surface area contributed by atoms with Crippen molar-refractivity contribution in [1.29, 1.82) is 0 Å². The van der Waals surface area contributed by atoms with E-state index in [9.17, 15) is 4.79 Å². The molecule has 1 heterocycles. The molecule has 0 bridgehead atoms. The fourth-order valence-corrected chi connectivity index (χ4v) is 2.63. The molecular weight excluding hydrogens is 272 g/mol. The first kappa shape index (κ1) is 14.4. The van der Waals surface area contributed by atoms with Gasteiger partial charge >= 0.3 is 0 Å². The van der Waals surface area contributed by atoms with E-state index in [1.54, 1.807) is 4.90 Å². The largest absolute Gasteiger partial charge is 0.382 e. The molecule has 22 heavy (non-hydrogen) atoms. The molecule has 3 heteroatoms. The quantitative estimate of drug-likeness (QED) is 0.936. The highest BCUT2D eigenvalue weighted by Crippen LogP contribution is 2.21. The SMILES string of the molecule is CN1CCc2ccc(NC/C=C/c3ccccc3)cc2C1=O. The third kappa shape index (κ3) is 3.19. The van der Waals surface area contributed by atoms with Crippen LogP contribution in [0.25, 0.3) is 6.08 Å². The van der Waals surface area contributed by atoms with E-state index in [-0.39, 0.29) is 5.91 Å². The Balaban J connectivity index is 1.64. The number of anilines is 1. The minimum Gasteiger partial charge on any atom is -0.382 e. The van der Waals surface area contributed by atoms with E-state index in [2.05, 4.69) is 35.7 Å². The van der Waals surface area contributed by atoms with E-state index in [0.717, 1.165) is 36.3 Å². The molecule has 0 unspecified atom stereocenters.